The molecule has 3 heteroatoms. The minimum Gasteiger partial charge on any atom is -0.340 e. The molecule has 2 rings (SSSR count). The molecule has 0 aliphatic heterocycles. The van der Waals surface area contributed by atoms with Gasteiger partial charge in [-0.15, -0.1) is 0 Å². The number of nitriles is 1. The average Bonchev–Trinajstić information content (AvgIpc) is 2.72. The molecule has 3 nitrogen and oxygen atoms in total. The summed E-state index contributed by atoms with van der Waals surface area (Å²) < 4.78 is 1.94. The number of benzene rings is 1. The highest BCUT2D eigenvalue weighted by Gasteiger charge is 2.11. The third-order valence-corrected chi connectivity index (χ3v) is 4.01. The Balaban J connectivity index is 2.10. The summed E-state index contributed by atoms with van der Waals surface area (Å²) in [6, 6.07) is 12.9. The lowest BCUT2D eigenvalue weighted by Crippen LogP contribution is -2.19. The van der Waals surface area contributed by atoms with E-state index in [1.807, 2.05) is 17.7 Å². The highest BCUT2D eigenvalue weighted by atomic mass is 15.0. The van der Waals surface area contributed by atoms with Gasteiger partial charge in [0.15, 0.2) is 0 Å². The van der Waals surface area contributed by atoms with Crippen LogP contribution in [-0.4, -0.2) is 4.57 Å². The molecule has 1 heterocycles. The normalized spacial score (nSPS) is 12.2. The maximum atomic E-state index is 9.06. The summed E-state index contributed by atoms with van der Waals surface area (Å²) in [6.07, 6.45) is 0. The number of hydrogen-bond acceptors (Lipinski definition) is 2. The summed E-state index contributed by atoms with van der Waals surface area (Å²) in [5, 5.41) is 12.6. The number of nitrogens with zero attached hydrogens (tertiary/aromatic N) is 2. The number of rotatable bonds is 4. The van der Waals surface area contributed by atoms with Crippen LogP contribution in [0.2, 0.25) is 0 Å². The molecule has 1 N–H and O–H groups in total. The Bertz CT molecular complexity index is 647. The minimum absolute atomic E-state index is 0.293. The monoisotopic (exact) mass is 267 g/mol. The van der Waals surface area contributed by atoms with Gasteiger partial charge in [0.1, 0.15) is 11.8 Å². The van der Waals surface area contributed by atoms with Crippen molar-refractivity contribution < 1.29 is 0 Å². The van der Waals surface area contributed by atoms with Crippen LogP contribution in [0.15, 0.2) is 30.3 Å². The smallest absolute Gasteiger partial charge is 0.120 e. The average molecular weight is 267 g/mol. The van der Waals surface area contributed by atoms with Crippen molar-refractivity contribution in [1.29, 1.82) is 5.26 Å². The Labute approximate surface area is 120 Å². The molecule has 0 aliphatic carbocycles. The fourth-order valence-corrected chi connectivity index (χ4v) is 2.49. The van der Waals surface area contributed by atoms with Crippen molar-refractivity contribution in [3.63, 3.8) is 0 Å². The second-order valence-corrected chi connectivity index (χ2v) is 5.27. The molecule has 1 aromatic carbocycles. The minimum atomic E-state index is 0.293. The zero-order valence-electron chi connectivity index (χ0n) is 12.6. The number of aryl methyl sites for hydroxylation is 1. The van der Waals surface area contributed by atoms with Gasteiger partial charge < -0.3 is 9.88 Å². The summed E-state index contributed by atoms with van der Waals surface area (Å²) in [5.41, 5.74) is 5.66. The second-order valence-electron chi connectivity index (χ2n) is 5.27. The Kier molecular flexibility index (Phi) is 4.26. The van der Waals surface area contributed by atoms with Gasteiger partial charge in [-0.1, -0.05) is 24.3 Å². The van der Waals surface area contributed by atoms with Gasteiger partial charge in [0.05, 0.1) is 0 Å². The van der Waals surface area contributed by atoms with Crippen molar-refractivity contribution >= 4 is 0 Å². The van der Waals surface area contributed by atoms with E-state index in [9.17, 15) is 0 Å². The SMILES string of the molecule is Cc1ccccc1[C@H](C)NCc1cc(C#N)n(C)c1C. The van der Waals surface area contributed by atoms with E-state index in [-0.39, 0.29) is 0 Å². The van der Waals surface area contributed by atoms with E-state index in [2.05, 4.69) is 56.4 Å². The molecule has 0 aliphatic rings. The van der Waals surface area contributed by atoms with E-state index in [0.717, 1.165) is 12.2 Å². The third kappa shape index (κ3) is 2.76. The number of nitrogens with one attached hydrogen (secondary N) is 1. The maximum absolute atomic E-state index is 9.06. The first kappa shape index (κ1) is 14.4. The molecular weight excluding hydrogens is 246 g/mol. The van der Waals surface area contributed by atoms with Crippen LogP contribution in [0.4, 0.5) is 0 Å². The van der Waals surface area contributed by atoms with Gasteiger partial charge >= 0.3 is 0 Å². The van der Waals surface area contributed by atoms with Crippen LogP contribution >= 0.6 is 0 Å². The van der Waals surface area contributed by atoms with Gasteiger partial charge in [-0.3, -0.25) is 0 Å². The van der Waals surface area contributed by atoms with E-state index in [0.29, 0.717) is 11.7 Å². The van der Waals surface area contributed by atoms with E-state index in [1.54, 1.807) is 0 Å². The zero-order chi connectivity index (χ0) is 14.7. The molecule has 0 unspecified atom stereocenters. The van der Waals surface area contributed by atoms with Crippen molar-refractivity contribution in [1.82, 2.24) is 9.88 Å². The molecule has 0 radical (unpaired) electrons. The van der Waals surface area contributed by atoms with Crippen LogP contribution in [0.3, 0.4) is 0 Å². The van der Waals surface area contributed by atoms with Gasteiger partial charge in [-0.2, -0.15) is 5.26 Å². The van der Waals surface area contributed by atoms with Crippen molar-refractivity contribution in [3.05, 3.63) is 58.4 Å². The van der Waals surface area contributed by atoms with Gasteiger partial charge in [0, 0.05) is 25.3 Å². The van der Waals surface area contributed by atoms with E-state index >= 15 is 0 Å². The third-order valence-electron chi connectivity index (χ3n) is 4.01. The molecule has 0 spiro atoms. The first-order valence-electron chi connectivity index (χ1n) is 6.88. The van der Waals surface area contributed by atoms with Crippen LogP contribution in [0.25, 0.3) is 0 Å². The number of hydrogen-bond donors (Lipinski definition) is 1. The topological polar surface area (TPSA) is 40.8 Å². The Hall–Kier alpha value is -2.05. The standard InChI is InChI=1S/C17H21N3/c1-12-7-5-6-8-17(12)13(2)19-11-15-9-16(10-18)20(4)14(15)3/h5-9,13,19H,11H2,1-4H3/t13-/m0/s1. The fraction of sp³-hybridized carbons (Fsp3) is 0.353. The molecule has 0 saturated carbocycles. The quantitative estimate of drug-likeness (QED) is 0.922. The lowest BCUT2D eigenvalue weighted by Gasteiger charge is -2.16. The summed E-state index contributed by atoms with van der Waals surface area (Å²) in [4.78, 5) is 0. The van der Waals surface area contributed by atoms with Crippen molar-refractivity contribution in [2.45, 2.75) is 33.4 Å². The summed E-state index contributed by atoms with van der Waals surface area (Å²) in [7, 11) is 1.93. The van der Waals surface area contributed by atoms with Crippen LogP contribution < -0.4 is 5.32 Å². The maximum Gasteiger partial charge on any atom is 0.120 e. The lowest BCUT2D eigenvalue weighted by molar-refractivity contribution is 0.570. The largest absolute Gasteiger partial charge is 0.340 e. The molecule has 1 atom stereocenters. The van der Waals surface area contributed by atoms with Crippen molar-refractivity contribution in [2.75, 3.05) is 0 Å². The molecular formula is C17H21N3. The fourth-order valence-electron chi connectivity index (χ4n) is 2.49. The van der Waals surface area contributed by atoms with Crippen LogP contribution in [0.5, 0.6) is 0 Å². The predicted octanol–water partition coefficient (Wildman–Crippen LogP) is 3.36. The van der Waals surface area contributed by atoms with Crippen LogP contribution in [0, 0.1) is 25.2 Å². The summed E-state index contributed by atoms with van der Waals surface area (Å²) in [5.74, 6) is 0. The van der Waals surface area contributed by atoms with Gasteiger partial charge in [0.25, 0.3) is 0 Å². The molecule has 0 saturated heterocycles. The van der Waals surface area contributed by atoms with E-state index < -0.39 is 0 Å². The van der Waals surface area contributed by atoms with E-state index in [4.69, 9.17) is 5.26 Å². The summed E-state index contributed by atoms with van der Waals surface area (Å²) >= 11 is 0. The van der Waals surface area contributed by atoms with Gasteiger partial charge in [0.2, 0.25) is 0 Å². The molecule has 0 bridgehead atoms. The van der Waals surface area contributed by atoms with Gasteiger partial charge in [-0.25, -0.2) is 0 Å². The molecule has 20 heavy (non-hydrogen) atoms. The first-order chi connectivity index (χ1) is 9.54. The zero-order valence-corrected chi connectivity index (χ0v) is 12.6. The van der Waals surface area contributed by atoms with Crippen LogP contribution in [0.1, 0.15) is 41.0 Å². The molecule has 1 aromatic heterocycles. The Morgan fingerprint density at radius 1 is 1.30 bits per heavy atom. The van der Waals surface area contributed by atoms with E-state index in [1.165, 1.54) is 16.7 Å². The second kappa shape index (κ2) is 5.94. The highest BCUT2D eigenvalue weighted by molar-refractivity contribution is 5.34. The van der Waals surface area contributed by atoms with Crippen LogP contribution in [-0.2, 0) is 13.6 Å². The molecule has 0 fully saturated rings. The molecule has 0 amide bonds. The highest BCUT2D eigenvalue weighted by Crippen LogP contribution is 2.19. The van der Waals surface area contributed by atoms with Crippen molar-refractivity contribution in [2.24, 2.45) is 7.05 Å². The Morgan fingerprint density at radius 2 is 2.00 bits per heavy atom. The number of aromatic nitrogens is 1. The molecule has 2 aromatic rings. The predicted molar refractivity (Wildman–Crippen MR) is 81.3 cm³/mol. The summed E-state index contributed by atoms with van der Waals surface area (Å²) in [6.45, 7) is 7.13. The first-order valence-corrected chi connectivity index (χ1v) is 6.88. The Morgan fingerprint density at radius 3 is 2.60 bits per heavy atom. The molecule has 104 valence electrons. The van der Waals surface area contributed by atoms with Crippen molar-refractivity contribution in [3.8, 4) is 6.07 Å². The lowest BCUT2D eigenvalue weighted by atomic mass is 10.0. The van der Waals surface area contributed by atoms with Gasteiger partial charge in [-0.05, 0) is 43.5 Å².